The van der Waals surface area contributed by atoms with Crippen LogP contribution in [0, 0.1) is 11.8 Å². The number of likely N-dealkylation sites (tertiary alicyclic amines) is 1. The number of nitrogens with one attached hydrogen (secondary N) is 1. The predicted octanol–water partition coefficient (Wildman–Crippen LogP) is 1.31. The zero-order chi connectivity index (χ0) is 14.0. The highest BCUT2D eigenvalue weighted by atomic mass is 19.4. The zero-order valence-corrected chi connectivity index (χ0v) is 10.5. The summed E-state index contributed by atoms with van der Waals surface area (Å²) in [6, 6.07) is 0. The largest absolute Gasteiger partial charge is 0.471 e. The van der Waals surface area contributed by atoms with Crippen LogP contribution >= 0.6 is 0 Å². The number of piperidine rings is 1. The maximum Gasteiger partial charge on any atom is 0.471 e. The molecule has 0 bridgehead atoms. The minimum absolute atomic E-state index is 0.0498. The molecule has 19 heavy (non-hydrogen) atoms. The molecule has 1 saturated heterocycles. The van der Waals surface area contributed by atoms with Crippen LogP contribution in [0.3, 0.4) is 0 Å². The lowest BCUT2D eigenvalue weighted by atomic mass is 9.96. The summed E-state index contributed by atoms with van der Waals surface area (Å²) in [6.07, 6.45) is -1.90. The first-order valence-electron chi connectivity index (χ1n) is 6.51. The van der Waals surface area contributed by atoms with Crippen LogP contribution in [0.4, 0.5) is 13.2 Å². The van der Waals surface area contributed by atoms with E-state index in [4.69, 9.17) is 0 Å². The van der Waals surface area contributed by atoms with E-state index in [9.17, 15) is 22.8 Å². The van der Waals surface area contributed by atoms with E-state index in [0.29, 0.717) is 19.4 Å². The molecule has 108 valence electrons. The van der Waals surface area contributed by atoms with Crippen molar-refractivity contribution in [2.45, 2.75) is 31.9 Å². The molecule has 2 amide bonds. The third-order valence-electron chi connectivity index (χ3n) is 3.66. The standard InChI is InChI=1S/C12H17F3N2O2/c13-12(14,15)11(19)17-5-3-8(4-6-17)7-16-10(18)9-1-2-9/h8-9H,1-7H2,(H,16,18). The minimum Gasteiger partial charge on any atom is -0.356 e. The first-order chi connectivity index (χ1) is 8.88. The molecule has 0 radical (unpaired) electrons. The Kier molecular flexibility index (Phi) is 4.01. The Hall–Kier alpha value is -1.27. The Balaban J connectivity index is 1.70. The lowest BCUT2D eigenvalue weighted by Crippen LogP contribution is -2.46. The van der Waals surface area contributed by atoms with Crippen molar-refractivity contribution in [2.75, 3.05) is 19.6 Å². The van der Waals surface area contributed by atoms with Gasteiger partial charge in [-0.2, -0.15) is 13.2 Å². The molecule has 2 fully saturated rings. The summed E-state index contributed by atoms with van der Waals surface area (Å²) < 4.78 is 36.7. The lowest BCUT2D eigenvalue weighted by molar-refractivity contribution is -0.186. The molecule has 0 unspecified atom stereocenters. The number of hydrogen-bond donors (Lipinski definition) is 1. The fourth-order valence-electron chi connectivity index (χ4n) is 2.25. The molecule has 0 aromatic rings. The summed E-state index contributed by atoms with van der Waals surface area (Å²) in [6.45, 7) is 0.730. The Morgan fingerprint density at radius 3 is 2.16 bits per heavy atom. The van der Waals surface area contributed by atoms with Gasteiger partial charge >= 0.3 is 12.1 Å². The van der Waals surface area contributed by atoms with Gasteiger partial charge in [-0.05, 0) is 31.6 Å². The summed E-state index contributed by atoms with van der Waals surface area (Å²) >= 11 is 0. The van der Waals surface area contributed by atoms with Crippen LogP contribution in [0.2, 0.25) is 0 Å². The summed E-state index contributed by atoms with van der Waals surface area (Å²) in [7, 11) is 0. The van der Waals surface area contributed by atoms with Crippen molar-refractivity contribution in [3.05, 3.63) is 0 Å². The van der Waals surface area contributed by atoms with E-state index >= 15 is 0 Å². The summed E-state index contributed by atoms with van der Waals surface area (Å²) in [5.74, 6) is -1.39. The van der Waals surface area contributed by atoms with Crippen molar-refractivity contribution in [3.8, 4) is 0 Å². The number of hydrogen-bond acceptors (Lipinski definition) is 2. The number of carbonyl (C=O) groups is 2. The molecule has 1 saturated carbocycles. The fourth-order valence-corrected chi connectivity index (χ4v) is 2.25. The normalized spacial score (nSPS) is 21.3. The number of alkyl halides is 3. The predicted molar refractivity (Wildman–Crippen MR) is 61.1 cm³/mol. The number of carbonyl (C=O) groups excluding carboxylic acids is 2. The van der Waals surface area contributed by atoms with E-state index in [2.05, 4.69) is 5.32 Å². The van der Waals surface area contributed by atoms with Crippen LogP contribution in [0.1, 0.15) is 25.7 Å². The van der Waals surface area contributed by atoms with Crippen molar-refractivity contribution in [1.82, 2.24) is 10.2 Å². The molecule has 0 aromatic heterocycles. The van der Waals surface area contributed by atoms with E-state index in [1.807, 2.05) is 0 Å². The van der Waals surface area contributed by atoms with Crippen molar-refractivity contribution in [2.24, 2.45) is 11.8 Å². The molecule has 0 atom stereocenters. The van der Waals surface area contributed by atoms with Crippen molar-refractivity contribution in [1.29, 1.82) is 0 Å². The molecule has 2 aliphatic rings. The smallest absolute Gasteiger partial charge is 0.356 e. The van der Waals surface area contributed by atoms with Crippen LogP contribution in [0.5, 0.6) is 0 Å². The van der Waals surface area contributed by atoms with Crippen molar-refractivity contribution in [3.63, 3.8) is 0 Å². The van der Waals surface area contributed by atoms with Gasteiger partial charge in [0.1, 0.15) is 0 Å². The number of halogens is 3. The highest BCUT2D eigenvalue weighted by Crippen LogP contribution is 2.29. The van der Waals surface area contributed by atoms with E-state index in [-0.39, 0.29) is 30.8 Å². The zero-order valence-electron chi connectivity index (χ0n) is 10.5. The third kappa shape index (κ3) is 3.84. The van der Waals surface area contributed by atoms with Gasteiger partial charge < -0.3 is 10.2 Å². The first kappa shape index (κ1) is 14.1. The lowest BCUT2D eigenvalue weighted by Gasteiger charge is -2.32. The average molecular weight is 278 g/mol. The van der Waals surface area contributed by atoms with Crippen LogP contribution in [0.25, 0.3) is 0 Å². The third-order valence-corrected chi connectivity index (χ3v) is 3.66. The van der Waals surface area contributed by atoms with Gasteiger partial charge in [0.25, 0.3) is 0 Å². The Labute approximate surface area is 109 Å². The van der Waals surface area contributed by atoms with E-state index in [0.717, 1.165) is 17.7 Å². The van der Waals surface area contributed by atoms with Crippen LogP contribution in [-0.4, -0.2) is 42.5 Å². The van der Waals surface area contributed by atoms with Gasteiger partial charge in [0, 0.05) is 25.6 Å². The molecular weight excluding hydrogens is 261 g/mol. The van der Waals surface area contributed by atoms with Gasteiger partial charge in [-0.25, -0.2) is 0 Å². The monoisotopic (exact) mass is 278 g/mol. The highest BCUT2D eigenvalue weighted by Gasteiger charge is 2.43. The minimum atomic E-state index is -4.78. The molecule has 1 aliphatic carbocycles. The second kappa shape index (κ2) is 5.38. The van der Waals surface area contributed by atoms with Crippen molar-refractivity contribution >= 4 is 11.8 Å². The number of amides is 2. The summed E-state index contributed by atoms with van der Waals surface area (Å²) in [5, 5.41) is 2.82. The Morgan fingerprint density at radius 1 is 1.11 bits per heavy atom. The molecule has 1 N–H and O–H groups in total. The number of nitrogens with zero attached hydrogens (tertiary/aromatic N) is 1. The van der Waals surface area contributed by atoms with Gasteiger partial charge in [-0.1, -0.05) is 0 Å². The SMILES string of the molecule is O=C(NCC1CCN(C(=O)C(F)(F)F)CC1)C1CC1. The molecule has 7 heteroatoms. The molecule has 0 spiro atoms. The fraction of sp³-hybridized carbons (Fsp3) is 0.833. The van der Waals surface area contributed by atoms with Crippen LogP contribution in [0.15, 0.2) is 0 Å². The summed E-state index contributed by atoms with van der Waals surface area (Å²) in [4.78, 5) is 23.3. The molecular formula is C12H17F3N2O2. The molecule has 0 aromatic carbocycles. The Bertz CT molecular complexity index is 358. The molecule has 4 nitrogen and oxygen atoms in total. The van der Waals surface area contributed by atoms with E-state index in [1.165, 1.54) is 0 Å². The highest BCUT2D eigenvalue weighted by molar-refractivity contribution is 5.82. The number of rotatable bonds is 3. The molecule has 1 aliphatic heterocycles. The van der Waals surface area contributed by atoms with Crippen molar-refractivity contribution < 1.29 is 22.8 Å². The van der Waals surface area contributed by atoms with Gasteiger partial charge in [-0.15, -0.1) is 0 Å². The first-order valence-corrected chi connectivity index (χ1v) is 6.51. The molecule has 1 heterocycles. The second-order valence-corrected chi connectivity index (χ2v) is 5.25. The second-order valence-electron chi connectivity index (χ2n) is 5.25. The topological polar surface area (TPSA) is 49.4 Å². The Morgan fingerprint density at radius 2 is 1.68 bits per heavy atom. The molecule has 2 rings (SSSR count). The van der Waals surface area contributed by atoms with Crippen LogP contribution < -0.4 is 5.32 Å². The van der Waals surface area contributed by atoms with Gasteiger partial charge in [0.15, 0.2) is 0 Å². The van der Waals surface area contributed by atoms with Gasteiger partial charge in [-0.3, -0.25) is 9.59 Å². The van der Waals surface area contributed by atoms with Crippen LogP contribution in [-0.2, 0) is 9.59 Å². The van der Waals surface area contributed by atoms with E-state index < -0.39 is 12.1 Å². The quantitative estimate of drug-likeness (QED) is 0.846. The van der Waals surface area contributed by atoms with Gasteiger partial charge in [0.2, 0.25) is 5.91 Å². The average Bonchev–Trinajstić information content (AvgIpc) is 3.19. The summed E-state index contributed by atoms with van der Waals surface area (Å²) in [5.41, 5.74) is 0. The van der Waals surface area contributed by atoms with E-state index in [1.54, 1.807) is 0 Å². The maximum absolute atomic E-state index is 12.2. The van der Waals surface area contributed by atoms with Gasteiger partial charge in [0.05, 0.1) is 0 Å². The maximum atomic E-state index is 12.2.